The van der Waals surface area contributed by atoms with Crippen LogP contribution in [0.1, 0.15) is 37.8 Å². The summed E-state index contributed by atoms with van der Waals surface area (Å²) < 4.78 is 55.2. The van der Waals surface area contributed by atoms with Crippen molar-refractivity contribution in [1.82, 2.24) is 5.32 Å². The standard InChI is InChI=1S/C14H19F4NO/c1-3-8-19-12(6-7-14(16,17)18)10-4-5-11(15)13(9-10)20-2/h4-5,9,12,19H,3,6-8H2,1-2H3. The number of methoxy groups -OCH3 is 1. The summed E-state index contributed by atoms with van der Waals surface area (Å²) in [6, 6.07) is 3.68. The molecule has 0 saturated heterocycles. The van der Waals surface area contributed by atoms with Gasteiger partial charge >= 0.3 is 6.18 Å². The molecule has 1 rings (SSSR count). The zero-order valence-corrected chi connectivity index (χ0v) is 11.6. The summed E-state index contributed by atoms with van der Waals surface area (Å²) in [5.74, 6) is -0.487. The molecule has 1 unspecified atom stereocenters. The molecular formula is C14H19F4NO. The molecule has 0 heterocycles. The summed E-state index contributed by atoms with van der Waals surface area (Å²) in [5, 5.41) is 3.05. The third kappa shape index (κ3) is 5.36. The maximum atomic E-state index is 13.3. The average Bonchev–Trinajstić information content (AvgIpc) is 2.39. The molecule has 1 aromatic carbocycles. The second-order valence-corrected chi connectivity index (χ2v) is 4.55. The summed E-state index contributed by atoms with van der Waals surface area (Å²) in [6.45, 7) is 2.53. The second-order valence-electron chi connectivity index (χ2n) is 4.55. The molecule has 0 radical (unpaired) electrons. The quantitative estimate of drug-likeness (QED) is 0.760. The lowest BCUT2D eigenvalue weighted by Gasteiger charge is -2.20. The Bertz CT molecular complexity index is 420. The Hall–Kier alpha value is -1.30. The van der Waals surface area contributed by atoms with E-state index >= 15 is 0 Å². The molecule has 0 fully saturated rings. The molecular weight excluding hydrogens is 274 g/mol. The topological polar surface area (TPSA) is 21.3 Å². The van der Waals surface area contributed by atoms with Gasteiger partial charge in [-0.15, -0.1) is 0 Å². The third-order valence-electron chi connectivity index (χ3n) is 2.93. The zero-order chi connectivity index (χ0) is 15.2. The van der Waals surface area contributed by atoms with Crippen molar-refractivity contribution in [2.75, 3.05) is 13.7 Å². The van der Waals surface area contributed by atoms with E-state index in [9.17, 15) is 17.6 Å². The Morgan fingerprint density at radius 1 is 1.30 bits per heavy atom. The largest absolute Gasteiger partial charge is 0.494 e. The summed E-state index contributed by atoms with van der Waals surface area (Å²) in [6.07, 6.45) is -4.36. The summed E-state index contributed by atoms with van der Waals surface area (Å²) in [4.78, 5) is 0. The number of ether oxygens (including phenoxy) is 1. The number of hydrogen-bond acceptors (Lipinski definition) is 2. The van der Waals surface area contributed by atoms with Gasteiger partial charge < -0.3 is 10.1 Å². The van der Waals surface area contributed by atoms with Crippen molar-refractivity contribution in [3.05, 3.63) is 29.6 Å². The Morgan fingerprint density at radius 2 is 2.00 bits per heavy atom. The fraction of sp³-hybridized carbons (Fsp3) is 0.571. The van der Waals surface area contributed by atoms with Gasteiger partial charge in [-0.1, -0.05) is 13.0 Å². The van der Waals surface area contributed by atoms with Crippen LogP contribution in [0.5, 0.6) is 5.75 Å². The van der Waals surface area contributed by atoms with Crippen molar-refractivity contribution >= 4 is 0 Å². The third-order valence-corrected chi connectivity index (χ3v) is 2.93. The van der Waals surface area contributed by atoms with Crippen LogP contribution in [0, 0.1) is 5.82 Å². The fourth-order valence-corrected chi connectivity index (χ4v) is 1.91. The van der Waals surface area contributed by atoms with Crippen molar-refractivity contribution in [2.24, 2.45) is 0 Å². The van der Waals surface area contributed by atoms with Crippen LogP contribution >= 0.6 is 0 Å². The van der Waals surface area contributed by atoms with Crippen molar-refractivity contribution in [3.63, 3.8) is 0 Å². The Kier molecular flexibility index (Phi) is 6.26. The van der Waals surface area contributed by atoms with Crippen molar-refractivity contribution < 1.29 is 22.3 Å². The smallest absolute Gasteiger partial charge is 0.389 e. The van der Waals surface area contributed by atoms with Gasteiger partial charge in [-0.2, -0.15) is 13.2 Å². The number of rotatable bonds is 7. The van der Waals surface area contributed by atoms with Gasteiger partial charge in [-0.25, -0.2) is 4.39 Å². The van der Waals surface area contributed by atoms with Gasteiger partial charge in [0.05, 0.1) is 7.11 Å². The Morgan fingerprint density at radius 3 is 2.55 bits per heavy atom. The van der Waals surface area contributed by atoms with Crippen LogP contribution in [0.2, 0.25) is 0 Å². The Balaban J connectivity index is 2.86. The van der Waals surface area contributed by atoms with E-state index in [-0.39, 0.29) is 12.2 Å². The monoisotopic (exact) mass is 293 g/mol. The highest BCUT2D eigenvalue weighted by Crippen LogP contribution is 2.29. The minimum Gasteiger partial charge on any atom is -0.494 e. The minimum atomic E-state index is -4.20. The molecule has 0 aliphatic rings. The summed E-state index contributed by atoms with van der Waals surface area (Å²) in [7, 11) is 1.33. The van der Waals surface area contributed by atoms with E-state index < -0.39 is 24.5 Å². The maximum absolute atomic E-state index is 13.3. The predicted molar refractivity (Wildman–Crippen MR) is 69.3 cm³/mol. The van der Waals surface area contributed by atoms with Crippen LogP contribution in [-0.4, -0.2) is 19.8 Å². The molecule has 1 N–H and O–H groups in total. The highest BCUT2D eigenvalue weighted by atomic mass is 19.4. The first-order valence-electron chi connectivity index (χ1n) is 6.51. The summed E-state index contributed by atoms with van der Waals surface area (Å²) >= 11 is 0. The second kappa shape index (κ2) is 7.47. The zero-order valence-electron chi connectivity index (χ0n) is 11.6. The molecule has 0 amide bonds. The van der Waals surface area contributed by atoms with Crippen molar-refractivity contribution in [3.8, 4) is 5.75 Å². The number of benzene rings is 1. The number of hydrogen-bond donors (Lipinski definition) is 1. The molecule has 0 saturated carbocycles. The van der Waals surface area contributed by atoms with E-state index in [4.69, 9.17) is 4.74 Å². The predicted octanol–water partition coefficient (Wildman–Crippen LogP) is 4.22. The van der Waals surface area contributed by atoms with Gasteiger partial charge in [0.25, 0.3) is 0 Å². The van der Waals surface area contributed by atoms with Crippen LogP contribution in [0.25, 0.3) is 0 Å². The molecule has 1 atom stereocenters. The van der Waals surface area contributed by atoms with Gasteiger partial charge in [-0.3, -0.25) is 0 Å². The highest BCUT2D eigenvalue weighted by molar-refractivity contribution is 5.32. The molecule has 20 heavy (non-hydrogen) atoms. The molecule has 0 aliphatic carbocycles. The van der Waals surface area contributed by atoms with E-state index in [0.717, 1.165) is 6.42 Å². The van der Waals surface area contributed by atoms with Gasteiger partial charge in [0.15, 0.2) is 11.6 Å². The van der Waals surface area contributed by atoms with Gasteiger partial charge in [0.1, 0.15) is 0 Å². The molecule has 0 spiro atoms. The number of alkyl halides is 3. The average molecular weight is 293 g/mol. The molecule has 6 heteroatoms. The molecule has 1 aromatic rings. The first-order chi connectivity index (χ1) is 9.37. The molecule has 0 aromatic heterocycles. The summed E-state index contributed by atoms with van der Waals surface area (Å²) in [5.41, 5.74) is 0.598. The van der Waals surface area contributed by atoms with Crippen LogP contribution in [0.15, 0.2) is 18.2 Å². The lowest BCUT2D eigenvalue weighted by molar-refractivity contribution is -0.136. The first kappa shape index (κ1) is 16.8. The molecule has 0 bridgehead atoms. The lowest BCUT2D eigenvalue weighted by atomic mass is 10.0. The van der Waals surface area contributed by atoms with Crippen LogP contribution < -0.4 is 10.1 Å². The van der Waals surface area contributed by atoms with Gasteiger partial charge in [0.2, 0.25) is 0 Å². The lowest BCUT2D eigenvalue weighted by Crippen LogP contribution is -2.24. The van der Waals surface area contributed by atoms with E-state index in [2.05, 4.69) is 5.32 Å². The number of halogens is 4. The van der Waals surface area contributed by atoms with Crippen LogP contribution in [0.4, 0.5) is 17.6 Å². The van der Waals surface area contributed by atoms with E-state index in [0.29, 0.717) is 12.1 Å². The Labute approximate surface area is 116 Å². The highest BCUT2D eigenvalue weighted by Gasteiger charge is 2.28. The molecule has 0 aliphatic heterocycles. The SMILES string of the molecule is CCCNC(CCC(F)(F)F)c1ccc(F)c(OC)c1. The molecule has 114 valence electrons. The molecule has 2 nitrogen and oxygen atoms in total. The fourth-order valence-electron chi connectivity index (χ4n) is 1.91. The maximum Gasteiger partial charge on any atom is 0.389 e. The minimum absolute atomic E-state index is 0.0396. The van der Waals surface area contributed by atoms with E-state index in [1.165, 1.54) is 25.3 Å². The van der Waals surface area contributed by atoms with Crippen LogP contribution in [0.3, 0.4) is 0 Å². The number of nitrogens with one attached hydrogen (secondary N) is 1. The van der Waals surface area contributed by atoms with Gasteiger partial charge in [0, 0.05) is 12.5 Å². The normalized spacial score (nSPS) is 13.3. The van der Waals surface area contributed by atoms with Crippen molar-refractivity contribution in [2.45, 2.75) is 38.4 Å². The van der Waals surface area contributed by atoms with Gasteiger partial charge in [-0.05, 0) is 37.1 Å². The van der Waals surface area contributed by atoms with E-state index in [1.807, 2.05) is 6.92 Å². The van der Waals surface area contributed by atoms with Crippen LogP contribution in [-0.2, 0) is 0 Å². The van der Waals surface area contributed by atoms with Crippen molar-refractivity contribution in [1.29, 1.82) is 0 Å². The van der Waals surface area contributed by atoms with E-state index in [1.54, 1.807) is 0 Å². The first-order valence-corrected chi connectivity index (χ1v) is 6.51.